The molecule has 0 spiro atoms. The van der Waals surface area contributed by atoms with Crippen LogP contribution < -0.4 is 15.4 Å². The number of carbonyl (C=O) groups excluding carboxylic acids is 1. The summed E-state index contributed by atoms with van der Waals surface area (Å²) in [4.78, 5) is 23.0. The summed E-state index contributed by atoms with van der Waals surface area (Å²) < 4.78 is 5.90. The van der Waals surface area contributed by atoms with E-state index in [1.165, 1.54) is 11.1 Å². The normalized spacial score (nSPS) is 13.5. The van der Waals surface area contributed by atoms with Crippen LogP contribution in [-0.4, -0.2) is 47.9 Å². The molecule has 1 fully saturated rings. The van der Waals surface area contributed by atoms with Gasteiger partial charge in [0.2, 0.25) is 11.8 Å². The van der Waals surface area contributed by atoms with Gasteiger partial charge in [-0.15, -0.1) is 24.0 Å². The first kappa shape index (κ1) is 24.9. The lowest BCUT2D eigenvalue weighted by molar-refractivity contribution is -0.128. The van der Waals surface area contributed by atoms with Crippen LogP contribution in [-0.2, 0) is 11.3 Å². The second kappa shape index (κ2) is 12.5. The number of hydrogen-bond donors (Lipinski definition) is 2. The maximum atomic E-state index is 12.2. The third kappa shape index (κ3) is 7.68. The summed E-state index contributed by atoms with van der Waals surface area (Å²) >= 11 is 0. The maximum absolute atomic E-state index is 12.2. The molecule has 0 atom stereocenters. The molecular weight excluding hydrogens is 505 g/mol. The van der Waals surface area contributed by atoms with E-state index in [1.54, 1.807) is 6.20 Å². The van der Waals surface area contributed by atoms with Gasteiger partial charge in [0.05, 0.1) is 13.1 Å². The number of pyridine rings is 1. The Labute approximate surface area is 201 Å². The number of ether oxygens (including phenoxy) is 1. The smallest absolute Gasteiger partial charge is 0.241 e. The van der Waals surface area contributed by atoms with Gasteiger partial charge in [0, 0.05) is 31.9 Å². The molecule has 0 aliphatic carbocycles. The first-order chi connectivity index (χ1) is 14.5. The SMILES string of the molecule is CCNC(=NCc1ccnc(Oc2ccc(C)c(C)c2)c1)NCC(=O)N1CCCC1.I. The van der Waals surface area contributed by atoms with Crippen molar-refractivity contribution in [2.45, 2.75) is 40.2 Å². The van der Waals surface area contributed by atoms with E-state index in [9.17, 15) is 4.79 Å². The highest BCUT2D eigenvalue weighted by molar-refractivity contribution is 14.0. The molecular formula is C23H32IN5O2. The Morgan fingerprint density at radius 1 is 1.13 bits per heavy atom. The Bertz CT molecular complexity index is 897. The number of hydrogen-bond acceptors (Lipinski definition) is 4. The van der Waals surface area contributed by atoms with Crippen LogP contribution in [0.1, 0.15) is 36.5 Å². The zero-order chi connectivity index (χ0) is 21.3. The molecule has 1 aromatic heterocycles. The quantitative estimate of drug-likeness (QED) is 0.320. The molecule has 1 aliphatic rings. The van der Waals surface area contributed by atoms with Gasteiger partial charge in [-0.25, -0.2) is 9.98 Å². The molecule has 7 nitrogen and oxygen atoms in total. The molecule has 0 radical (unpaired) electrons. The third-order valence-electron chi connectivity index (χ3n) is 5.13. The molecule has 2 heterocycles. The molecule has 2 N–H and O–H groups in total. The largest absolute Gasteiger partial charge is 0.439 e. The minimum Gasteiger partial charge on any atom is -0.439 e. The van der Waals surface area contributed by atoms with Gasteiger partial charge in [-0.1, -0.05) is 6.07 Å². The number of rotatable bonds is 7. The Hall–Kier alpha value is -2.36. The fourth-order valence-corrected chi connectivity index (χ4v) is 3.25. The number of carbonyl (C=O) groups is 1. The Balaban J connectivity index is 0.00000341. The number of amides is 1. The van der Waals surface area contributed by atoms with Gasteiger partial charge in [-0.05, 0) is 68.5 Å². The summed E-state index contributed by atoms with van der Waals surface area (Å²) in [6.45, 7) is 9.28. The van der Waals surface area contributed by atoms with E-state index < -0.39 is 0 Å². The van der Waals surface area contributed by atoms with Gasteiger partial charge in [0.15, 0.2) is 5.96 Å². The Morgan fingerprint density at radius 3 is 2.61 bits per heavy atom. The zero-order valence-corrected chi connectivity index (χ0v) is 20.8. The van der Waals surface area contributed by atoms with Gasteiger partial charge in [-0.3, -0.25) is 4.79 Å². The predicted molar refractivity (Wildman–Crippen MR) is 134 cm³/mol. The third-order valence-corrected chi connectivity index (χ3v) is 5.13. The molecule has 8 heteroatoms. The molecule has 168 valence electrons. The molecule has 0 saturated carbocycles. The van der Waals surface area contributed by atoms with Crippen molar-refractivity contribution in [2.24, 2.45) is 4.99 Å². The first-order valence-electron chi connectivity index (χ1n) is 10.5. The zero-order valence-electron chi connectivity index (χ0n) is 18.5. The standard InChI is InChI=1S/C23H31N5O2.HI/c1-4-24-23(27-16-22(29)28-11-5-6-12-28)26-15-19-9-10-25-21(14-19)30-20-8-7-17(2)18(3)13-20;/h7-10,13-14H,4-6,11-12,15-16H2,1-3H3,(H2,24,26,27);1H. The number of likely N-dealkylation sites (tertiary alicyclic amines) is 1. The van der Waals surface area contributed by atoms with Crippen molar-refractivity contribution in [3.8, 4) is 11.6 Å². The van der Waals surface area contributed by atoms with Crippen molar-refractivity contribution < 1.29 is 9.53 Å². The molecule has 1 aliphatic heterocycles. The fourth-order valence-electron chi connectivity index (χ4n) is 3.25. The van der Waals surface area contributed by atoms with Crippen molar-refractivity contribution in [2.75, 3.05) is 26.2 Å². The average molecular weight is 537 g/mol. The highest BCUT2D eigenvalue weighted by atomic mass is 127. The highest BCUT2D eigenvalue weighted by Crippen LogP contribution is 2.22. The molecule has 0 bridgehead atoms. The van der Waals surface area contributed by atoms with Gasteiger partial charge in [0.1, 0.15) is 5.75 Å². The number of halogens is 1. The molecule has 3 rings (SSSR count). The van der Waals surface area contributed by atoms with E-state index in [2.05, 4.69) is 34.5 Å². The second-order valence-electron chi connectivity index (χ2n) is 7.49. The van der Waals surface area contributed by atoms with Crippen LogP contribution in [0.3, 0.4) is 0 Å². The molecule has 31 heavy (non-hydrogen) atoms. The monoisotopic (exact) mass is 537 g/mol. The van der Waals surface area contributed by atoms with Crippen LogP contribution in [0.2, 0.25) is 0 Å². The fraction of sp³-hybridized carbons (Fsp3) is 0.435. The van der Waals surface area contributed by atoms with Gasteiger partial charge in [-0.2, -0.15) is 0 Å². The number of benzene rings is 1. The van der Waals surface area contributed by atoms with Crippen LogP contribution in [0.15, 0.2) is 41.5 Å². The number of aromatic nitrogens is 1. The van der Waals surface area contributed by atoms with E-state index >= 15 is 0 Å². The van der Waals surface area contributed by atoms with E-state index in [1.807, 2.05) is 42.2 Å². The van der Waals surface area contributed by atoms with Gasteiger partial charge in [0.25, 0.3) is 0 Å². The number of guanidine groups is 1. The second-order valence-corrected chi connectivity index (χ2v) is 7.49. The number of aliphatic imine (C=N–C) groups is 1. The maximum Gasteiger partial charge on any atom is 0.241 e. The molecule has 1 saturated heterocycles. The van der Waals surface area contributed by atoms with Crippen molar-refractivity contribution in [1.82, 2.24) is 20.5 Å². The van der Waals surface area contributed by atoms with Crippen LogP contribution >= 0.6 is 24.0 Å². The van der Waals surface area contributed by atoms with E-state index in [0.29, 0.717) is 18.4 Å². The summed E-state index contributed by atoms with van der Waals surface area (Å²) in [6, 6.07) is 9.79. The number of nitrogens with zero attached hydrogens (tertiary/aromatic N) is 3. The number of aryl methyl sites for hydroxylation is 2. The lowest BCUT2D eigenvalue weighted by Gasteiger charge is -2.17. The minimum absolute atomic E-state index is 0. The lowest BCUT2D eigenvalue weighted by atomic mass is 10.1. The summed E-state index contributed by atoms with van der Waals surface area (Å²) in [5, 5.41) is 6.32. The lowest BCUT2D eigenvalue weighted by Crippen LogP contribution is -2.44. The van der Waals surface area contributed by atoms with E-state index in [-0.39, 0.29) is 36.4 Å². The Morgan fingerprint density at radius 2 is 1.90 bits per heavy atom. The molecule has 0 unspecified atom stereocenters. The van der Waals surface area contributed by atoms with Crippen molar-refractivity contribution >= 4 is 35.8 Å². The summed E-state index contributed by atoms with van der Waals surface area (Å²) in [7, 11) is 0. The summed E-state index contributed by atoms with van der Waals surface area (Å²) in [5.74, 6) is 2.04. The summed E-state index contributed by atoms with van der Waals surface area (Å²) in [6.07, 6.45) is 3.90. The molecule has 1 aromatic carbocycles. The van der Waals surface area contributed by atoms with Crippen molar-refractivity contribution in [1.29, 1.82) is 0 Å². The molecule has 2 aromatic rings. The first-order valence-corrected chi connectivity index (χ1v) is 10.5. The van der Waals surface area contributed by atoms with Crippen molar-refractivity contribution in [3.05, 3.63) is 53.2 Å². The topological polar surface area (TPSA) is 78.9 Å². The van der Waals surface area contributed by atoms with Crippen molar-refractivity contribution in [3.63, 3.8) is 0 Å². The van der Waals surface area contributed by atoms with Crippen LogP contribution in [0, 0.1) is 13.8 Å². The van der Waals surface area contributed by atoms with Gasteiger partial charge >= 0.3 is 0 Å². The summed E-state index contributed by atoms with van der Waals surface area (Å²) in [5.41, 5.74) is 3.38. The minimum atomic E-state index is 0. The Kier molecular flexibility index (Phi) is 10.0. The predicted octanol–water partition coefficient (Wildman–Crippen LogP) is 3.79. The van der Waals surface area contributed by atoms with Crippen LogP contribution in [0.5, 0.6) is 11.6 Å². The van der Waals surface area contributed by atoms with E-state index in [4.69, 9.17) is 4.74 Å². The van der Waals surface area contributed by atoms with Crippen LogP contribution in [0.25, 0.3) is 0 Å². The number of nitrogens with one attached hydrogen (secondary N) is 2. The van der Waals surface area contributed by atoms with E-state index in [0.717, 1.165) is 43.8 Å². The molecule has 1 amide bonds. The van der Waals surface area contributed by atoms with Crippen LogP contribution in [0.4, 0.5) is 0 Å². The van der Waals surface area contributed by atoms with Gasteiger partial charge < -0.3 is 20.3 Å². The average Bonchev–Trinajstić information content (AvgIpc) is 3.28. The highest BCUT2D eigenvalue weighted by Gasteiger charge is 2.17.